The monoisotopic (exact) mass is 237 g/mol. The van der Waals surface area contributed by atoms with Gasteiger partial charge in [-0.05, 0) is 18.8 Å². The van der Waals surface area contributed by atoms with Crippen LogP contribution in [0.15, 0.2) is 12.4 Å². The number of aliphatic hydroxyl groups excluding tert-OH is 1. The van der Waals surface area contributed by atoms with Crippen molar-refractivity contribution in [3.8, 4) is 0 Å². The average molecular weight is 237 g/mol. The number of aromatic nitrogens is 2. The number of hydrogen-bond acceptors (Lipinski definition) is 6. The van der Waals surface area contributed by atoms with E-state index in [1.807, 2.05) is 0 Å². The molecule has 1 aromatic rings. The van der Waals surface area contributed by atoms with Crippen molar-refractivity contribution in [2.75, 3.05) is 19.0 Å². The molecule has 2 N–H and O–H groups in total. The first-order valence-corrected chi connectivity index (χ1v) is 5.51. The molecule has 0 bridgehead atoms. The molecule has 1 aromatic heterocycles. The van der Waals surface area contributed by atoms with Crippen molar-refractivity contribution in [2.24, 2.45) is 5.92 Å². The van der Waals surface area contributed by atoms with Crippen molar-refractivity contribution in [3.05, 3.63) is 18.1 Å². The summed E-state index contributed by atoms with van der Waals surface area (Å²) >= 11 is 0. The lowest BCUT2D eigenvalue weighted by atomic mass is 9.82. The van der Waals surface area contributed by atoms with E-state index in [0.717, 1.165) is 19.4 Å². The van der Waals surface area contributed by atoms with Crippen LogP contribution in [-0.2, 0) is 4.74 Å². The van der Waals surface area contributed by atoms with Crippen molar-refractivity contribution in [1.29, 1.82) is 0 Å². The summed E-state index contributed by atoms with van der Waals surface area (Å²) in [5.74, 6) is 0.622. The van der Waals surface area contributed by atoms with Crippen LogP contribution in [0.2, 0.25) is 0 Å². The van der Waals surface area contributed by atoms with E-state index in [2.05, 4.69) is 20.0 Å². The van der Waals surface area contributed by atoms with Crippen molar-refractivity contribution >= 4 is 11.8 Å². The largest absolute Gasteiger partial charge is 0.464 e. The molecule has 6 nitrogen and oxygen atoms in total. The van der Waals surface area contributed by atoms with Gasteiger partial charge in [-0.2, -0.15) is 0 Å². The summed E-state index contributed by atoms with van der Waals surface area (Å²) in [7, 11) is 1.30. The van der Waals surface area contributed by atoms with E-state index in [0.29, 0.717) is 11.7 Å². The third-order valence-corrected chi connectivity index (χ3v) is 2.83. The Hall–Kier alpha value is -1.69. The molecule has 1 aliphatic carbocycles. The lowest BCUT2D eigenvalue weighted by Crippen LogP contribution is -2.33. The van der Waals surface area contributed by atoms with Crippen LogP contribution in [0.3, 0.4) is 0 Å². The molecule has 6 heteroatoms. The highest BCUT2D eigenvalue weighted by molar-refractivity contribution is 5.86. The first kappa shape index (κ1) is 11.8. The van der Waals surface area contributed by atoms with Crippen LogP contribution in [0, 0.1) is 5.92 Å². The third kappa shape index (κ3) is 2.91. The molecule has 0 radical (unpaired) electrons. The normalized spacial score (nSPS) is 22.7. The van der Waals surface area contributed by atoms with Gasteiger partial charge in [0.1, 0.15) is 5.82 Å². The van der Waals surface area contributed by atoms with Gasteiger partial charge in [0.2, 0.25) is 0 Å². The highest BCUT2D eigenvalue weighted by Gasteiger charge is 2.26. The third-order valence-electron chi connectivity index (χ3n) is 2.83. The van der Waals surface area contributed by atoms with Gasteiger partial charge in [-0.15, -0.1) is 0 Å². The van der Waals surface area contributed by atoms with Crippen LogP contribution in [0.25, 0.3) is 0 Å². The second-order valence-corrected chi connectivity index (χ2v) is 4.15. The van der Waals surface area contributed by atoms with Crippen molar-refractivity contribution in [1.82, 2.24) is 9.97 Å². The number of hydrogen-bond donors (Lipinski definition) is 2. The van der Waals surface area contributed by atoms with Gasteiger partial charge >= 0.3 is 5.97 Å². The smallest absolute Gasteiger partial charge is 0.358 e. The molecular formula is C11H15N3O3. The van der Waals surface area contributed by atoms with Gasteiger partial charge in [0.25, 0.3) is 0 Å². The first-order chi connectivity index (χ1) is 8.19. The predicted molar refractivity (Wildman–Crippen MR) is 60.6 cm³/mol. The molecule has 17 heavy (non-hydrogen) atoms. The summed E-state index contributed by atoms with van der Waals surface area (Å²) in [6, 6.07) is 0. The van der Waals surface area contributed by atoms with E-state index < -0.39 is 5.97 Å². The van der Waals surface area contributed by atoms with Gasteiger partial charge in [0, 0.05) is 6.54 Å². The molecular weight excluding hydrogens is 222 g/mol. The van der Waals surface area contributed by atoms with Gasteiger partial charge in [0.05, 0.1) is 25.6 Å². The SMILES string of the molecule is COC(=O)c1cnc(NCC2CC(O)C2)cn1. The standard InChI is InChI=1S/C11H15N3O3/c1-17-11(16)9-5-14-10(6-12-9)13-4-7-2-8(15)3-7/h5-8,15H,2-4H2,1H3,(H,13,14). The topological polar surface area (TPSA) is 84.3 Å². The minimum Gasteiger partial charge on any atom is -0.464 e. The highest BCUT2D eigenvalue weighted by atomic mass is 16.5. The lowest BCUT2D eigenvalue weighted by Gasteiger charge is -2.31. The molecule has 0 atom stereocenters. The Morgan fingerprint density at radius 2 is 2.29 bits per heavy atom. The Balaban J connectivity index is 1.83. The van der Waals surface area contributed by atoms with Crippen LogP contribution in [-0.4, -0.2) is 40.8 Å². The number of rotatable bonds is 4. The molecule has 1 saturated carbocycles. The van der Waals surface area contributed by atoms with Crippen LogP contribution in [0.1, 0.15) is 23.3 Å². The molecule has 2 rings (SSSR count). The second-order valence-electron chi connectivity index (χ2n) is 4.15. The van der Waals surface area contributed by atoms with Gasteiger partial charge in [-0.1, -0.05) is 0 Å². The van der Waals surface area contributed by atoms with Gasteiger partial charge in [-0.25, -0.2) is 14.8 Å². The molecule has 1 fully saturated rings. The molecule has 0 spiro atoms. The minimum absolute atomic E-state index is 0.144. The number of anilines is 1. The molecule has 92 valence electrons. The highest BCUT2D eigenvalue weighted by Crippen LogP contribution is 2.26. The Morgan fingerprint density at radius 1 is 1.53 bits per heavy atom. The number of nitrogens with one attached hydrogen (secondary N) is 1. The molecule has 1 heterocycles. The number of carbonyl (C=O) groups is 1. The fourth-order valence-electron chi connectivity index (χ4n) is 1.75. The quantitative estimate of drug-likeness (QED) is 0.739. The molecule has 0 saturated heterocycles. The first-order valence-electron chi connectivity index (χ1n) is 5.51. The van der Waals surface area contributed by atoms with E-state index in [-0.39, 0.29) is 11.8 Å². The van der Waals surface area contributed by atoms with Crippen LogP contribution in [0.5, 0.6) is 0 Å². The van der Waals surface area contributed by atoms with E-state index in [1.165, 1.54) is 19.5 Å². The van der Waals surface area contributed by atoms with E-state index in [9.17, 15) is 4.79 Å². The maximum atomic E-state index is 11.1. The zero-order valence-corrected chi connectivity index (χ0v) is 9.59. The Morgan fingerprint density at radius 3 is 2.82 bits per heavy atom. The van der Waals surface area contributed by atoms with E-state index in [1.54, 1.807) is 0 Å². The fourth-order valence-corrected chi connectivity index (χ4v) is 1.75. The number of carbonyl (C=O) groups excluding carboxylic acids is 1. The molecule has 0 unspecified atom stereocenters. The lowest BCUT2D eigenvalue weighted by molar-refractivity contribution is 0.0486. The second kappa shape index (κ2) is 5.09. The molecule has 0 aliphatic heterocycles. The number of esters is 1. The van der Waals surface area contributed by atoms with Gasteiger partial charge in [-0.3, -0.25) is 0 Å². The van der Waals surface area contributed by atoms with Crippen molar-refractivity contribution in [2.45, 2.75) is 18.9 Å². The van der Waals surface area contributed by atoms with Crippen molar-refractivity contribution < 1.29 is 14.6 Å². The summed E-state index contributed by atoms with van der Waals surface area (Å²) in [6.07, 6.45) is 4.40. The number of nitrogens with zero attached hydrogens (tertiary/aromatic N) is 2. The van der Waals surface area contributed by atoms with E-state index >= 15 is 0 Å². The average Bonchev–Trinajstić information content (AvgIpc) is 2.33. The fraction of sp³-hybridized carbons (Fsp3) is 0.545. The summed E-state index contributed by atoms with van der Waals surface area (Å²) < 4.78 is 4.52. The molecule has 1 aliphatic rings. The zero-order chi connectivity index (χ0) is 12.3. The summed E-state index contributed by atoms with van der Waals surface area (Å²) in [5, 5.41) is 12.2. The minimum atomic E-state index is -0.494. The van der Waals surface area contributed by atoms with Crippen LogP contribution in [0.4, 0.5) is 5.82 Å². The maximum absolute atomic E-state index is 11.1. The number of aliphatic hydroxyl groups is 1. The number of methoxy groups -OCH3 is 1. The van der Waals surface area contributed by atoms with Gasteiger partial charge in [0.15, 0.2) is 5.69 Å². The number of ether oxygens (including phenoxy) is 1. The summed E-state index contributed by atoms with van der Waals surface area (Å²) in [6.45, 7) is 0.767. The van der Waals surface area contributed by atoms with Crippen molar-refractivity contribution in [3.63, 3.8) is 0 Å². The molecule has 0 aromatic carbocycles. The Labute approximate surface area is 99.0 Å². The predicted octanol–water partition coefficient (Wildman–Crippen LogP) is 0.446. The van der Waals surface area contributed by atoms with E-state index in [4.69, 9.17) is 5.11 Å². The Bertz CT molecular complexity index is 387. The van der Waals surface area contributed by atoms with Crippen LogP contribution < -0.4 is 5.32 Å². The summed E-state index contributed by atoms with van der Waals surface area (Å²) in [5.41, 5.74) is 0.192. The molecule has 0 amide bonds. The van der Waals surface area contributed by atoms with Gasteiger partial charge < -0.3 is 15.2 Å². The Kier molecular flexibility index (Phi) is 3.53. The summed E-state index contributed by atoms with van der Waals surface area (Å²) in [4.78, 5) is 19.1. The zero-order valence-electron chi connectivity index (χ0n) is 9.59. The maximum Gasteiger partial charge on any atom is 0.358 e. The van der Waals surface area contributed by atoms with Crippen LogP contribution >= 0.6 is 0 Å².